The fourth-order valence-electron chi connectivity index (χ4n) is 3.04. The lowest BCUT2D eigenvalue weighted by Gasteiger charge is -2.19. The molecule has 1 aliphatic heterocycles. The van der Waals surface area contributed by atoms with Gasteiger partial charge in [0.15, 0.2) is 0 Å². The number of rotatable bonds is 6. The number of nitrogens with zero attached hydrogens (tertiary/aromatic N) is 2. The van der Waals surface area contributed by atoms with Gasteiger partial charge in [-0.25, -0.2) is 4.79 Å². The fraction of sp³-hybridized carbons (Fsp3) is 0.250. The number of hydrogen-bond acceptors (Lipinski definition) is 4. The van der Waals surface area contributed by atoms with Crippen molar-refractivity contribution in [3.8, 4) is 5.75 Å². The van der Waals surface area contributed by atoms with Crippen LogP contribution >= 0.6 is 0 Å². The van der Waals surface area contributed by atoms with E-state index >= 15 is 0 Å². The van der Waals surface area contributed by atoms with Crippen LogP contribution in [0.25, 0.3) is 0 Å². The van der Waals surface area contributed by atoms with Crippen LogP contribution in [0.5, 0.6) is 5.75 Å². The van der Waals surface area contributed by atoms with Gasteiger partial charge in [-0.2, -0.15) is 0 Å². The zero-order chi connectivity index (χ0) is 19.4. The molecule has 1 fully saturated rings. The second-order valence-electron chi connectivity index (χ2n) is 6.18. The molecule has 7 heteroatoms. The molecule has 2 aromatic carbocycles. The summed E-state index contributed by atoms with van der Waals surface area (Å²) >= 11 is 0. The summed E-state index contributed by atoms with van der Waals surface area (Å²) in [6.45, 7) is 1.58. The van der Waals surface area contributed by atoms with Gasteiger partial charge in [0.2, 0.25) is 5.91 Å². The number of hydrogen-bond donors (Lipinski definition) is 1. The quantitative estimate of drug-likeness (QED) is 0.794. The summed E-state index contributed by atoms with van der Waals surface area (Å²) in [6, 6.07) is 15.1. The number of benzene rings is 2. The van der Waals surface area contributed by atoms with Gasteiger partial charge in [-0.1, -0.05) is 36.4 Å². The smallest absolute Gasteiger partial charge is 0.332 e. The number of anilines is 1. The molecule has 0 saturated carbocycles. The Bertz CT molecular complexity index is 853. The molecule has 0 spiro atoms. The summed E-state index contributed by atoms with van der Waals surface area (Å²) < 4.78 is 5.25. The van der Waals surface area contributed by atoms with E-state index in [9.17, 15) is 14.4 Å². The van der Waals surface area contributed by atoms with Gasteiger partial charge in [-0.3, -0.25) is 19.4 Å². The molecule has 0 aromatic heterocycles. The Hall–Kier alpha value is -3.35. The normalized spacial score (nSPS) is 16.6. The second kappa shape index (κ2) is 7.90. The van der Waals surface area contributed by atoms with Crippen molar-refractivity contribution in [1.29, 1.82) is 0 Å². The summed E-state index contributed by atoms with van der Waals surface area (Å²) in [4.78, 5) is 39.8. The maximum atomic E-state index is 12.7. The highest BCUT2D eigenvalue weighted by molar-refractivity contribution is 6.15. The maximum absolute atomic E-state index is 12.7. The van der Waals surface area contributed by atoms with Crippen molar-refractivity contribution in [2.24, 2.45) is 0 Å². The number of urea groups is 1. The number of carbonyl (C=O) groups excluding carboxylic acids is 3. The van der Waals surface area contributed by atoms with Gasteiger partial charge in [0.25, 0.3) is 5.91 Å². The molecule has 1 saturated heterocycles. The third kappa shape index (κ3) is 3.76. The van der Waals surface area contributed by atoms with Gasteiger partial charge in [0.05, 0.1) is 7.11 Å². The van der Waals surface area contributed by atoms with E-state index in [-0.39, 0.29) is 13.1 Å². The highest BCUT2D eigenvalue weighted by atomic mass is 16.5. The number of carbonyl (C=O) groups is 3. The van der Waals surface area contributed by atoms with Crippen LogP contribution in [0.3, 0.4) is 0 Å². The van der Waals surface area contributed by atoms with E-state index in [1.165, 1.54) is 4.90 Å². The fourth-order valence-corrected chi connectivity index (χ4v) is 3.04. The van der Waals surface area contributed by atoms with Crippen molar-refractivity contribution in [2.75, 3.05) is 18.6 Å². The summed E-state index contributed by atoms with van der Waals surface area (Å²) in [5.74, 6) is -0.143. The van der Waals surface area contributed by atoms with Gasteiger partial charge >= 0.3 is 6.03 Å². The van der Waals surface area contributed by atoms with E-state index in [0.29, 0.717) is 11.4 Å². The third-order valence-electron chi connectivity index (χ3n) is 4.45. The predicted molar refractivity (Wildman–Crippen MR) is 100 cm³/mol. The summed E-state index contributed by atoms with van der Waals surface area (Å²) in [7, 11) is 1.56. The Labute approximate surface area is 157 Å². The van der Waals surface area contributed by atoms with Gasteiger partial charge in [0.1, 0.15) is 18.3 Å². The van der Waals surface area contributed by atoms with Crippen LogP contribution < -0.4 is 15.0 Å². The molecule has 1 N–H and O–H groups in total. The van der Waals surface area contributed by atoms with E-state index in [4.69, 9.17) is 4.74 Å². The Kier molecular flexibility index (Phi) is 5.40. The maximum Gasteiger partial charge on any atom is 0.332 e. The largest absolute Gasteiger partial charge is 0.496 e. The first-order valence-corrected chi connectivity index (χ1v) is 8.61. The Morgan fingerprint density at radius 1 is 1.07 bits per heavy atom. The second-order valence-corrected chi connectivity index (χ2v) is 6.18. The van der Waals surface area contributed by atoms with E-state index in [0.717, 1.165) is 10.5 Å². The topological polar surface area (TPSA) is 79.0 Å². The van der Waals surface area contributed by atoms with Crippen LogP contribution in [0.1, 0.15) is 12.5 Å². The number of imide groups is 1. The molecule has 0 aliphatic carbocycles. The average Bonchev–Trinajstić information content (AvgIpc) is 2.90. The first kappa shape index (κ1) is 18.4. The van der Waals surface area contributed by atoms with Gasteiger partial charge in [-0.15, -0.1) is 0 Å². The third-order valence-corrected chi connectivity index (χ3v) is 4.45. The van der Waals surface area contributed by atoms with Crippen LogP contribution in [0.4, 0.5) is 10.5 Å². The van der Waals surface area contributed by atoms with Gasteiger partial charge in [0, 0.05) is 17.8 Å². The minimum absolute atomic E-state index is 0.247. The first-order valence-electron chi connectivity index (χ1n) is 8.61. The lowest BCUT2D eigenvalue weighted by atomic mass is 10.2. The molecule has 2 aromatic rings. The highest BCUT2D eigenvalue weighted by Crippen LogP contribution is 2.25. The zero-order valence-electron chi connectivity index (χ0n) is 15.2. The molecule has 0 bridgehead atoms. The molecule has 1 aliphatic rings. The Morgan fingerprint density at radius 3 is 2.44 bits per heavy atom. The van der Waals surface area contributed by atoms with Crippen molar-refractivity contribution in [2.45, 2.75) is 19.5 Å². The molecular formula is C20H21N3O4. The molecule has 0 radical (unpaired) electrons. The van der Waals surface area contributed by atoms with Crippen molar-refractivity contribution in [3.05, 3.63) is 60.2 Å². The van der Waals surface area contributed by atoms with E-state index < -0.39 is 23.9 Å². The van der Waals surface area contributed by atoms with E-state index in [1.54, 1.807) is 44.4 Å². The number of amides is 4. The molecule has 1 atom stereocenters. The summed E-state index contributed by atoms with van der Waals surface area (Å²) in [6.07, 6.45) is 0. The highest BCUT2D eigenvalue weighted by Gasteiger charge is 2.43. The van der Waals surface area contributed by atoms with Gasteiger partial charge < -0.3 is 10.1 Å². The summed E-state index contributed by atoms with van der Waals surface area (Å²) in [5, 5.41) is 2.73. The number of ether oxygens (including phenoxy) is 1. The molecule has 0 unspecified atom stereocenters. The van der Waals surface area contributed by atoms with Gasteiger partial charge in [-0.05, 0) is 25.1 Å². The van der Waals surface area contributed by atoms with Crippen LogP contribution in [-0.4, -0.2) is 42.4 Å². The van der Waals surface area contributed by atoms with Crippen LogP contribution in [0, 0.1) is 0 Å². The molecule has 4 amide bonds. The predicted octanol–water partition coefficient (Wildman–Crippen LogP) is 2.17. The SMILES string of the molecule is COc1ccccc1CNC(=O)CN1C(=O)[C@@H](C)N(c2ccccc2)C1=O. The summed E-state index contributed by atoms with van der Waals surface area (Å²) in [5.41, 5.74) is 1.44. The zero-order valence-corrected chi connectivity index (χ0v) is 15.2. The van der Waals surface area contributed by atoms with Crippen molar-refractivity contribution < 1.29 is 19.1 Å². The van der Waals surface area contributed by atoms with E-state index in [2.05, 4.69) is 5.32 Å². The Balaban J connectivity index is 1.65. The Morgan fingerprint density at radius 2 is 1.74 bits per heavy atom. The van der Waals surface area contributed by atoms with Crippen molar-refractivity contribution in [1.82, 2.24) is 10.2 Å². The first-order chi connectivity index (χ1) is 13.0. The number of methoxy groups -OCH3 is 1. The van der Waals surface area contributed by atoms with Crippen LogP contribution in [0.15, 0.2) is 54.6 Å². The number of para-hydroxylation sites is 2. The molecular weight excluding hydrogens is 346 g/mol. The van der Waals surface area contributed by atoms with Crippen molar-refractivity contribution in [3.63, 3.8) is 0 Å². The van der Waals surface area contributed by atoms with Crippen LogP contribution in [0.2, 0.25) is 0 Å². The standard InChI is InChI=1S/C20H21N3O4/c1-14-19(25)22(20(26)23(14)16-9-4-3-5-10-16)13-18(24)21-12-15-8-6-7-11-17(15)27-2/h3-11,14H,12-13H2,1-2H3,(H,21,24)/t14-/m1/s1. The van der Waals surface area contributed by atoms with Crippen LogP contribution in [-0.2, 0) is 16.1 Å². The average molecular weight is 367 g/mol. The van der Waals surface area contributed by atoms with E-state index in [1.807, 2.05) is 24.3 Å². The molecule has 7 nitrogen and oxygen atoms in total. The minimum Gasteiger partial charge on any atom is -0.496 e. The molecule has 3 rings (SSSR count). The lowest BCUT2D eigenvalue weighted by molar-refractivity contribution is -0.131. The molecule has 1 heterocycles. The lowest BCUT2D eigenvalue weighted by Crippen LogP contribution is -2.41. The van der Waals surface area contributed by atoms with Crippen molar-refractivity contribution >= 4 is 23.5 Å². The minimum atomic E-state index is -0.651. The number of nitrogens with one attached hydrogen (secondary N) is 1. The monoisotopic (exact) mass is 367 g/mol. The molecule has 140 valence electrons. The molecule has 27 heavy (non-hydrogen) atoms.